The van der Waals surface area contributed by atoms with Gasteiger partial charge in [-0.1, -0.05) is 6.07 Å². The van der Waals surface area contributed by atoms with Gasteiger partial charge in [-0.05, 0) is 104 Å². The Morgan fingerprint density at radius 3 is 2.12 bits per heavy atom. The van der Waals surface area contributed by atoms with Gasteiger partial charge in [-0.25, -0.2) is 19.6 Å². The molecule has 0 fully saturated rings. The van der Waals surface area contributed by atoms with Crippen LogP contribution in [-0.4, -0.2) is 58.0 Å². The topological polar surface area (TPSA) is 146 Å². The van der Waals surface area contributed by atoms with Gasteiger partial charge < -0.3 is 25.8 Å². The number of nitrogens with two attached hydrogens (primary N) is 1. The number of benzene rings is 1. The predicted octanol–water partition coefficient (Wildman–Crippen LogP) is 5.59. The van der Waals surface area contributed by atoms with Gasteiger partial charge in [0, 0.05) is 25.1 Å². The van der Waals surface area contributed by atoms with Crippen LogP contribution in [0.5, 0.6) is 0 Å². The quantitative estimate of drug-likeness (QED) is 0.125. The monoisotopic (exact) mass is 587 g/mol. The third-order valence-electron chi connectivity index (χ3n) is 5.58. The van der Waals surface area contributed by atoms with Crippen LogP contribution in [-0.2, 0) is 14.3 Å². The molecule has 41 heavy (non-hydrogen) atoms. The maximum atomic E-state index is 12.8. The molecule has 0 saturated carbocycles. The summed E-state index contributed by atoms with van der Waals surface area (Å²) < 4.78 is 10.8. The Morgan fingerprint density at radius 1 is 0.854 bits per heavy atom. The van der Waals surface area contributed by atoms with Crippen LogP contribution in [0.15, 0.2) is 23.2 Å². The fraction of sp³-hybridized carbons (Fsp3) is 0.567. The number of anilines is 1. The molecule has 0 aliphatic heterocycles. The molecule has 1 heterocycles. The van der Waals surface area contributed by atoms with Crippen LogP contribution in [0.2, 0.25) is 0 Å². The maximum absolute atomic E-state index is 12.8. The van der Waals surface area contributed by atoms with Crippen LogP contribution < -0.4 is 16.4 Å². The van der Waals surface area contributed by atoms with Gasteiger partial charge in [0.1, 0.15) is 16.2 Å². The average molecular weight is 588 g/mol. The number of carbonyl (C=O) groups is 3. The minimum absolute atomic E-state index is 0.0152. The van der Waals surface area contributed by atoms with Gasteiger partial charge >= 0.3 is 12.1 Å². The molecule has 0 saturated heterocycles. The molecule has 0 atom stereocenters. The number of aryl methyl sites for hydroxylation is 2. The molecule has 0 aliphatic rings. The lowest BCUT2D eigenvalue weighted by Crippen LogP contribution is -2.33. The minimum atomic E-state index is -0.602. The maximum Gasteiger partial charge on any atom is 0.407 e. The molecule has 226 valence electrons. The molecule has 0 spiro atoms. The standard InChI is InChI=1S/C30H45N5O5S/c1-19-16-20(2)22(26(37)39-29(3,4)5)17-21(19)23-18-25(35-27(31)34-23)41-15-11-12-24(36)32-13-9-10-14-33-28(38)40-30(6,7)8/h16-18H,9-15H2,1-8H3,(H,32,36)(H,33,38)(H2,31,34,35). The number of nitrogens with one attached hydrogen (secondary N) is 2. The van der Waals surface area contributed by atoms with Gasteiger partial charge in [0.2, 0.25) is 11.9 Å². The van der Waals surface area contributed by atoms with E-state index in [1.54, 1.807) is 6.07 Å². The van der Waals surface area contributed by atoms with E-state index in [1.165, 1.54) is 11.8 Å². The van der Waals surface area contributed by atoms with E-state index in [2.05, 4.69) is 20.6 Å². The van der Waals surface area contributed by atoms with E-state index in [0.29, 0.717) is 48.0 Å². The summed E-state index contributed by atoms with van der Waals surface area (Å²) in [5, 5.41) is 6.32. The first-order valence-electron chi connectivity index (χ1n) is 13.9. The van der Waals surface area contributed by atoms with Gasteiger partial charge in [0.15, 0.2) is 0 Å². The normalized spacial score (nSPS) is 11.6. The van der Waals surface area contributed by atoms with Gasteiger partial charge in [0.05, 0.1) is 11.3 Å². The van der Waals surface area contributed by atoms with E-state index < -0.39 is 17.3 Å². The zero-order valence-electron chi connectivity index (χ0n) is 25.6. The van der Waals surface area contributed by atoms with Crippen molar-refractivity contribution in [2.45, 2.75) is 97.3 Å². The third kappa shape index (κ3) is 12.8. The van der Waals surface area contributed by atoms with E-state index in [-0.39, 0.29) is 17.8 Å². The molecule has 0 radical (unpaired) electrons. The van der Waals surface area contributed by atoms with Crippen molar-refractivity contribution in [2.24, 2.45) is 0 Å². The van der Waals surface area contributed by atoms with Crippen LogP contribution in [0.1, 0.15) is 88.7 Å². The molecule has 2 aromatic rings. The Labute approximate surface area is 248 Å². The molecular formula is C30H45N5O5S. The van der Waals surface area contributed by atoms with Crippen LogP contribution in [0.3, 0.4) is 0 Å². The number of thioether (sulfide) groups is 1. The van der Waals surface area contributed by atoms with Crippen LogP contribution in [0.4, 0.5) is 10.7 Å². The zero-order chi connectivity index (χ0) is 30.8. The van der Waals surface area contributed by atoms with Crippen molar-refractivity contribution in [3.63, 3.8) is 0 Å². The van der Waals surface area contributed by atoms with Crippen molar-refractivity contribution in [1.29, 1.82) is 0 Å². The Morgan fingerprint density at radius 2 is 1.49 bits per heavy atom. The number of nitrogen functional groups attached to an aromatic ring is 1. The number of amides is 2. The summed E-state index contributed by atoms with van der Waals surface area (Å²) in [5.74, 6) is 0.420. The summed E-state index contributed by atoms with van der Waals surface area (Å²) in [6.45, 7) is 15.8. The van der Waals surface area contributed by atoms with E-state index >= 15 is 0 Å². The van der Waals surface area contributed by atoms with Crippen molar-refractivity contribution < 1.29 is 23.9 Å². The highest BCUT2D eigenvalue weighted by molar-refractivity contribution is 7.99. The summed E-state index contributed by atoms with van der Waals surface area (Å²) in [4.78, 5) is 45.4. The number of ether oxygens (including phenoxy) is 2. The van der Waals surface area contributed by atoms with Crippen molar-refractivity contribution in [3.05, 3.63) is 34.9 Å². The lowest BCUT2D eigenvalue weighted by molar-refractivity contribution is -0.121. The average Bonchev–Trinajstić information content (AvgIpc) is 2.81. The molecule has 4 N–H and O–H groups in total. The van der Waals surface area contributed by atoms with E-state index in [0.717, 1.165) is 29.5 Å². The van der Waals surface area contributed by atoms with Crippen molar-refractivity contribution in [3.8, 4) is 11.3 Å². The zero-order valence-corrected chi connectivity index (χ0v) is 26.4. The number of unbranched alkanes of at least 4 members (excludes halogenated alkanes) is 1. The first-order chi connectivity index (χ1) is 19.0. The second-order valence-electron chi connectivity index (χ2n) is 11.9. The molecule has 1 aromatic heterocycles. The lowest BCUT2D eigenvalue weighted by atomic mass is 9.97. The lowest BCUT2D eigenvalue weighted by Gasteiger charge is -2.21. The molecular weight excluding hydrogens is 542 g/mol. The molecule has 0 unspecified atom stereocenters. The minimum Gasteiger partial charge on any atom is -0.456 e. The second-order valence-corrected chi connectivity index (χ2v) is 13.0. The van der Waals surface area contributed by atoms with Crippen LogP contribution >= 0.6 is 11.8 Å². The highest BCUT2D eigenvalue weighted by atomic mass is 32.2. The molecule has 0 bridgehead atoms. The fourth-order valence-corrected chi connectivity index (χ4v) is 4.67. The van der Waals surface area contributed by atoms with Crippen LogP contribution in [0, 0.1) is 13.8 Å². The summed E-state index contributed by atoms with van der Waals surface area (Å²) in [6, 6.07) is 5.59. The summed E-state index contributed by atoms with van der Waals surface area (Å²) in [7, 11) is 0. The first kappa shape index (κ1) is 33.9. The van der Waals surface area contributed by atoms with Crippen molar-refractivity contribution in [2.75, 3.05) is 24.6 Å². The van der Waals surface area contributed by atoms with Gasteiger partial charge in [-0.15, -0.1) is 11.8 Å². The number of hydrogen-bond acceptors (Lipinski definition) is 9. The van der Waals surface area contributed by atoms with E-state index in [4.69, 9.17) is 15.2 Å². The van der Waals surface area contributed by atoms with Gasteiger partial charge in [-0.3, -0.25) is 4.79 Å². The SMILES string of the molecule is Cc1cc(C)c(-c2cc(SCCCC(=O)NCCCCNC(=O)OC(C)(C)C)nc(N)n2)cc1C(=O)OC(C)(C)C. The Balaban J connectivity index is 1.84. The highest BCUT2D eigenvalue weighted by Gasteiger charge is 2.21. The predicted molar refractivity (Wildman–Crippen MR) is 163 cm³/mol. The number of esters is 1. The largest absolute Gasteiger partial charge is 0.456 e. The number of rotatable bonds is 12. The molecule has 2 rings (SSSR count). The summed E-state index contributed by atoms with van der Waals surface area (Å²) in [5.41, 5.74) is 8.58. The Bertz CT molecular complexity index is 1220. The van der Waals surface area contributed by atoms with Crippen LogP contribution in [0.25, 0.3) is 11.3 Å². The van der Waals surface area contributed by atoms with E-state index in [9.17, 15) is 14.4 Å². The molecule has 1 aromatic carbocycles. The second kappa shape index (κ2) is 15.0. The highest BCUT2D eigenvalue weighted by Crippen LogP contribution is 2.30. The first-order valence-corrected chi connectivity index (χ1v) is 14.9. The molecule has 10 nitrogen and oxygen atoms in total. The number of hydrogen-bond donors (Lipinski definition) is 3. The number of carbonyl (C=O) groups excluding carboxylic acids is 3. The Kier molecular flexibility index (Phi) is 12.4. The van der Waals surface area contributed by atoms with Gasteiger partial charge in [0.25, 0.3) is 0 Å². The molecule has 2 amide bonds. The third-order valence-corrected chi connectivity index (χ3v) is 6.58. The summed E-state index contributed by atoms with van der Waals surface area (Å²) in [6.07, 6.45) is 2.13. The summed E-state index contributed by atoms with van der Waals surface area (Å²) >= 11 is 1.50. The number of aromatic nitrogens is 2. The fourth-order valence-electron chi connectivity index (χ4n) is 3.82. The van der Waals surface area contributed by atoms with E-state index in [1.807, 2.05) is 67.5 Å². The van der Waals surface area contributed by atoms with Crippen molar-refractivity contribution >= 4 is 35.7 Å². The molecule has 11 heteroatoms. The molecule has 0 aliphatic carbocycles. The smallest absolute Gasteiger partial charge is 0.407 e. The Hall–Kier alpha value is -3.34. The van der Waals surface area contributed by atoms with Crippen molar-refractivity contribution in [1.82, 2.24) is 20.6 Å². The van der Waals surface area contributed by atoms with Gasteiger partial charge in [-0.2, -0.15) is 0 Å². The number of nitrogens with zero attached hydrogens (tertiary/aromatic N) is 2. The number of alkyl carbamates (subject to hydrolysis) is 1.